The van der Waals surface area contributed by atoms with Crippen molar-refractivity contribution < 1.29 is 18.0 Å². The second kappa shape index (κ2) is 6.93. The average Bonchev–Trinajstić information content (AvgIpc) is 2.66. The average molecular weight is 300 g/mol. The first-order valence-electron chi connectivity index (χ1n) is 7.14. The molecular formula is C15H19F3N2O. The largest absolute Gasteiger partial charge is 0.416 e. The molecule has 0 spiro atoms. The van der Waals surface area contributed by atoms with E-state index >= 15 is 0 Å². The fourth-order valence-electron chi connectivity index (χ4n) is 2.47. The highest BCUT2D eigenvalue weighted by Gasteiger charge is 2.30. The molecule has 1 aliphatic rings. The van der Waals surface area contributed by atoms with Gasteiger partial charge in [0.25, 0.3) is 0 Å². The normalized spacial score (nSPS) is 17.3. The smallest absolute Gasteiger partial charge is 0.325 e. The van der Waals surface area contributed by atoms with Crippen LogP contribution in [-0.2, 0) is 11.0 Å². The van der Waals surface area contributed by atoms with Crippen molar-refractivity contribution in [2.24, 2.45) is 0 Å². The second-order valence-electron chi connectivity index (χ2n) is 5.32. The highest BCUT2D eigenvalue weighted by molar-refractivity contribution is 5.92. The van der Waals surface area contributed by atoms with Crippen molar-refractivity contribution in [3.05, 3.63) is 29.8 Å². The van der Waals surface area contributed by atoms with Crippen LogP contribution in [0.2, 0.25) is 0 Å². The Morgan fingerprint density at radius 2 is 1.81 bits per heavy atom. The molecule has 3 nitrogen and oxygen atoms in total. The van der Waals surface area contributed by atoms with Crippen molar-refractivity contribution in [3.8, 4) is 0 Å². The third-order valence-electron chi connectivity index (χ3n) is 3.54. The number of rotatable bonds is 3. The zero-order chi connectivity index (χ0) is 15.3. The minimum absolute atomic E-state index is 0.185. The standard InChI is InChI=1S/C15H19F3N2O/c16-15(17,18)12-6-5-7-13(10-12)19-14(21)11-20-8-3-1-2-4-9-20/h5-7,10H,1-4,8-9,11H2,(H,19,21). The fraction of sp³-hybridized carbons (Fsp3) is 0.533. The van der Waals surface area contributed by atoms with E-state index in [4.69, 9.17) is 0 Å². The maximum Gasteiger partial charge on any atom is 0.416 e. The van der Waals surface area contributed by atoms with Gasteiger partial charge < -0.3 is 5.32 Å². The number of likely N-dealkylation sites (tertiary alicyclic amines) is 1. The Labute approximate surface area is 122 Å². The molecule has 1 aliphatic heterocycles. The summed E-state index contributed by atoms with van der Waals surface area (Å²) in [7, 11) is 0. The summed E-state index contributed by atoms with van der Waals surface area (Å²) >= 11 is 0. The second-order valence-corrected chi connectivity index (χ2v) is 5.32. The molecule has 0 saturated carbocycles. The van der Waals surface area contributed by atoms with E-state index in [0.29, 0.717) is 0 Å². The first kappa shape index (κ1) is 15.8. The number of carbonyl (C=O) groups is 1. The molecule has 1 aromatic carbocycles. The fourth-order valence-corrected chi connectivity index (χ4v) is 2.47. The summed E-state index contributed by atoms with van der Waals surface area (Å²) in [6.45, 7) is 1.97. The van der Waals surface area contributed by atoms with Gasteiger partial charge in [0.2, 0.25) is 5.91 Å². The number of nitrogens with one attached hydrogen (secondary N) is 1. The number of hydrogen-bond acceptors (Lipinski definition) is 2. The van der Waals surface area contributed by atoms with Crippen LogP contribution in [0.1, 0.15) is 31.2 Å². The lowest BCUT2D eigenvalue weighted by molar-refractivity contribution is -0.137. The molecule has 0 aliphatic carbocycles. The van der Waals surface area contributed by atoms with Crippen LogP contribution in [0.25, 0.3) is 0 Å². The molecule has 0 unspecified atom stereocenters. The van der Waals surface area contributed by atoms with E-state index in [1.165, 1.54) is 25.0 Å². The summed E-state index contributed by atoms with van der Waals surface area (Å²) in [5.74, 6) is -0.267. The summed E-state index contributed by atoms with van der Waals surface area (Å²) in [5.41, 5.74) is -0.570. The number of amides is 1. The molecule has 1 aromatic rings. The van der Waals surface area contributed by atoms with Crippen LogP contribution in [0.4, 0.5) is 18.9 Å². The van der Waals surface area contributed by atoms with Crippen LogP contribution >= 0.6 is 0 Å². The van der Waals surface area contributed by atoms with E-state index in [9.17, 15) is 18.0 Å². The zero-order valence-electron chi connectivity index (χ0n) is 11.7. The monoisotopic (exact) mass is 300 g/mol. The number of alkyl halides is 3. The van der Waals surface area contributed by atoms with Crippen LogP contribution < -0.4 is 5.32 Å². The number of anilines is 1. The van der Waals surface area contributed by atoms with Gasteiger partial charge >= 0.3 is 6.18 Å². The SMILES string of the molecule is O=C(CN1CCCCCC1)Nc1cccc(C(F)(F)F)c1. The molecule has 0 radical (unpaired) electrons. The van der Waals surface area contributed by atoms with Crippen molar-refractivity contribution in [2.45, 2.75) is 31.9 Å². The zero-order valence-corrected chi connectivity index (χ0v) is 11.7. The minimum atomic E-state index is -4.40. The predicted octanol–water partition coefficient (Wildman–Crippen LogP) is 3.52. The van der Waals surface area contributed by atoms with Crippen LogP contribution in [0, 0.1) is 0 Å². The number of nitrogens with zero attached hydrogens (tertiary/aromatic N) is 1. The van der Waals surface area contributed by atoms with Gasteiger partial charge in [-0.25, -0.2) is 0 Å². The molecule has 0 bridgehead atoms. The van der Waals surface area contributed by atoms with Crippen LogP contribution in [-0.4, -0.2) is 30.4 Å². The molecule has 1 amide bonds. The Morgan fingerprint density at radius 3 is 2.43 bits per heavy atom. The molecule has 0 atom stereocenters. The Hall–Kier alpha value is -1.56. The topological polar surface area (TPSA) is 32.3 Å². The Balaban J connectivity index is 1.93. The molecule has 6 heteroatoms. The van der Waals surface area contributed by atoms with Crippen molar-refractivity contribution in [1.29, 1.82) is 0 Å². The molecule has 1 heterocycles. The van der Waals surface area contributed by atoms with Crippen molar-refractivity contribution >= 4 is 11.6 Å². The van der Waals surface area contributed by atoms with Gasteiger partial charge in [0.15, 0.2) is 0 Å². The summed E-state index contributed by atoms with van der Waals surface area (Å²) < 4.78 is 37.8. The van der Waals surface area contributed by atoms with E-state index in [1.807, 2.05) is 0 Å². The Morgan fingerprint density at radius 1 is 1.14 bits per heavy atom. The van der Waals surface area contributed by atoms with Crippen molar-refractivity contribution in [3.63, 3.8) is 0 Å². The minimum Gasteiger partial charge on any atom is -0.325 e. The molecule has 21 heavy (non-hydrogen) atoms. The summed E-state index contributed by atoms with van der Waals surface area (Å²) in [4.78, 5) is 14.0. The molecule has 1 fully saturated rings. The Bertz CT molecular complexity index is 480. The van der Waals surface area contributed by atoms with Crippen LogP contribution in [0.5, 0.6) is 0 Å². The van der Waals surface area contributed by atoms with Crippen molar-refractivity contribution in [2.75, 3.05) is 25.0 Å². The molecule has 2 rings (SSSR count). The number of halogens is 3. The summed E-state index contributed by atoms with van der Waals surface area (Å²) in [5, 5.41) is 2.54. The molecular weight excluding hydrogens is 281 g/mol. The van der Waals surface area contributed by atoms with E-state index in [0.717, 1.165) is 38.1 Å². The van der Waals surface area contributed by atoms with Gasteiger partial charge in [0, 0.05) is 5.69 Å². The van der Waals surface area contributed by atoms with E-state index in [-0.39, 0.29) is 18.1 Å². The molecule has 1 N–H and O–H groups in total. The highest BCUT2D eigenvalue weighted by Crippen LogP contribution is 2.30. The maximum atomic E-state index is 12.6. The maximum absolute atomic E-state index is 12.6. The van der Waals surface area contributed by atoms with Gasteiger partial charge in [-0.1, -0.05) is 18.9 Å². The van der Waals surface area contributed by atoms with E-state index < -0.39 is 11.7 Å². The summed E-state index contributed by atoms with van der Waals surface area (Å²) in [6.07, 6.45) is 0.0801. The van der Waals surface area contributed by atoms with E-state index in [2.05, 4.69) is 10.2 Å². The molecule has 1 saturated heterocycles. The lowest BCUT2D eigenvalue weighted by atomic mass is 10.2. The van der Waals surface area contributed by atoms with Crippen LogP contribution in [0.3, 0.4) is 0 Å². The predicted molar refractivity (Wildman–Crippen MR) is 75.0 cm³/mol. The quantitative estimate of drug-likeness (QED) is 0.926. The number of benzene rings is 1. The van der Waals surface area contributed by atoms with Gasteiger partial charge in [-0.05, 0) is 44.1 Å². The number of hydrogen-bond donors (Lipinski definition) is 1. The van der Waals surface area contributed by atoms with E-state index in [1.54, 1.807) is 0 Å². The van der Waals surface area contributed by atoms with Gasteiger partial charge in [0.1, 0.15) is 0 Å². The first-order chi connectivity index (χ1) is 9.95. The van der Waals surface area contributed by atoms with Crippen LogP contribution in [0.15, 0.2) is 24.3 Å². The van der Waals surface area contributed by atoms with Gasteiger partial charge in [-0.15, -0.1) is 0 Å². The third-order valence-corrected chi connectivity index (χ3v) is 3.54. The Kier molecular flexibility index (Phi) is 5.22. The molecule has 0 aromatic heterocycles. The van der Waals surface area contributed by atoms with Gasteiger partial charge in [0.05, 0.1) is 12.1 Å². The van der Waals surface area contributed by atoms with Crippen molar-refractivity contribution in [1.82, 2.24) is 4.90 Å². The lowest BCUT2D eigenvalue weighted by Crippen LogP contribution is -2.33. The number of carbonyl (C=O) groups excluding carboxylic acids is 1. The first-order valence-corrected chi connectivity index (χ1v) is 7.14. The lowest BCUT2D eigenvalue weighted by Gasteiger charge is -2.19. The molecule has 116 valence electrons. The third kappa shape index (κ3) is 5.04. The summed E-state index contributed by atoms with van der Waals surface area (Å²) in [6, 6.07) is 4.71. The highest BCUT2D eigenvalue weighted by atomic mass is 19.4. The van der Waals surface area contributed by atoms with Gasteiger partial charge in [-0.3, -0.25) is 9.69 Å². The van der Waals surface area contributed by atoms with Gasteiger partial charge in [-0.2, -0.15) is 13.2 Å².